The van der Waals surface area contributed by atoms with E-state index in [0.717, 1.165) is 11.6 Å². The van der Waals surface area contributed by atoms with Crippen molar-refractivity contribution in [3.63, 3.8) is 0 Å². The Kier molecular flexibility index (Phi) is 4.77. The Morgan fingerprint density at radius 2 is 1.79 bits per heavy atom. The van der Waals surface area contributed by atoms with Gasteiger partial charge in [0.05, 0.1) is 5.69 Å². The van der Waals surface area contributed by atoms with Crippen molar-refractivity contribution >= 4 is 5.82 Å². The van der Waals surface area contributed by atoms with E-state index in [1.807, 2.05) is 7.05 Å². The number of nitrogens with two attached hydrogens (primary N) is 1. The topological polar surface area (TPSA) is 55.0 Å². The minimum absolute atomic E-state index is 0.255. The molecule has 0 amide bonds. The molecule has 144 valence electrons. The Morgan fingerprint density at radius 1 is 0.964 bits per heavy atom. The van der Waals surface area contributed by atoms with Crippen LogP contribution in [0.5, 0.6) is 0 Å². The Morgan fingerprint density at radius 3 is 2.50 bits per heavy atom. The SMILES string of the molecule is CN1CCC(c2ccc(F)cc2F)c2cc(F)c(-c3ccc(N)nn3)cc2C1. The van der Waals surface area contributed by atoms with Crippen molar-refractivity contribution in [2.24, 2.45) is 0 Å². The molecule has 0 spiro atoms. The minimum atomic E-state index is -0.629. The van der Waals surface area contributed by atoms with Crippen molar-refractivity contribution in [2.45, 2.75) is 18.9 Å². The third kappa shape index (κ3) is 3.45. The van der Waals surface area contributed by atoms with E-state index < -0.39 is 17.5 Å². The molecule has 0 bridgehead atoms. The molecule has 0 fully saturated rings. The molecule has 0 aliphatic carbocycles. The minimum Gasteiger partial charge on any atom is -0.382 e. The second-order valence-corrected chi connectivity index (χ2v) is 7.12. The predicted molar refractivity (Wildman–Crippen MR) is 101 cm³/mol. The van der Waals surface area contributed by atoms with E-state index in [0.29, 0.717) is 41.9 Å². The van der Waals surface area contributed by atoms with Crippen molar-refractivity contribution < 1.29 is 13.2 Å². The standard InChI is InChI=1S/C21H19F3N4/c1-28-7-6-14(15-3-2-13(22)9-18(15)23)16-10-19(24)17(8-12(16)11-28)20-4-5-21(25)27-26-20/h2-5,8-10,14H,6-7,11H2,1H3,(H2,25,27). The first-order valence-corrected chi connectivity index (χ1v) is 8.98. The van der Waals surface area contributed by atoms with Crippen LogP contribution in [-0.4, -0.2) is 28.7 Å². The van der Waals surface area contributed by atoms with Gasteiger partial charge in [0.2, 0.25) is 0 Å². The maximum atomic E-state index is 15.0. The normalized spacial score (nSPS) is 17.2. The molecule has 0 radical (unpaired) electrons. The zero-order valence-electron chi connectivity index (χ0n) is 15.3. The van der Waals surface area contributed by atoms with E-state index >= 15 is 0 Å². The van der Waals surface area contributed by atoms with Crippen LogP contribution in [0.15, 0.2) is 42.5 Å². The van der Waals surface area contributed by atoms with Crippen LogP contribution < -0.4 is 5.73 Å². The van der Waals surface area contributed by atoms with Gasteiger partial charge in [0.25, 0.3) is 0 Å². The molecule has 28 heavy (non-hydrogen) atoms. The molecule has 1 aromatic heterocycles. The molecule has 7 heteroatoms. The number of nitrogen functional groups attached to an aromatic ring is 1. The lowest BCUT2D eigenvalue weighted by Gasteiger charge is -2.19. The molecule has 1 unspecified atom stereocenters. The van der Waals surface area contributed by atoms with Crippen LogP contribution >= 0.6 is 0 Å². The summed E-state index contributed by atoms with van der Waals surface area (Å²) in [6.45, 7) is 1.29. The quantitative estimate of drug-likeness (QED) is 0.723. The third-order valence-corrected chi connectivity index (χ3v) is 5.14. The van der Waals surface area contributed by atoms with Gasteiger partial charge in [-0.15, -0.1) is 10.2 Å². The van der Waals surface area contributed by atoms with Gasteiger partial charge in [-0.25, -0.2) is 13.2 Å². The average Bonchev–Trinajstić information content (AvgIpc) is 2.80. The first-order valence-electron chi connectivity index (χ1n) is 8.98. The predicted octanol–water partition coefficient (Wildman–Crippen LogP) is 4.11. The second kappa shape index (κ2) is 7.24. The van der Waals surface area contributed by atoms with E-state index in [4.69, 9.17) is 5.73 Å². The molecule has 2 heterocycles. The van der Waals surface area contributed by atoms with Gasteiger partial charge in [-0.05, 0) is 67.0 Å². The second-order valence-electron chi connectivity index (χ2n) is 7.12. The van der Waals surface area contributed by atoms with Crippen LogP contribution in [-0.2, 0) is 6.54 Å². The summed E-state index contributed by atoms with van der Waals surface area (Å²) in [4.78, 5) is 2.09. The molecular weight excluding hydrogens is 365 g/mol. The monoisotopic (exact) mass is 384 g/mol. The highest BCUT2D eigenvalue weighted by molar-refractivity contribution is 5.63. The maximum absolute atomic E-state index is 15.0. The van der Waals surface area contributed by atoms with E-state index in [-0.39, 0.29) is 11.7 Å². The number of rotatable bonds is 2. The molecule has 2 N–H and O–H groups in total. The van der Waals surface area contributed by atoms with Gasteiger partial charge in [0, 0.05) is 24.1 Å². The summed E-state index contributed by atoms with van der Waals surface area (Å²) >= 11 is 0. The fourth-order valence-electron chi connectivity index (χ4n) is 3.76. The van der Waals surface area contributed by atoms with Gasteiger partial charge in [0.15, 0.2) is 0 Å². The fourth-order valence-corrected chi connectivity index (χ4v) is 3.76. The van der Waals surface area contributed by atoms with Crippen molar-refractivity contribution in [1.82, 2.24) is 15.1 Å². The Bertz CT molecular complexity index is 1020. The molecule has 1 aliphatic rings. The summed E-state index contributed by atoms with van der Waals surface area (Å²) in [5, 5.41) is 7.76. The molecule has 2 aromatic carbocycles. The molecule has 3 aromatic rings. The van der Waals surface area contributed by atoms with Gasteiger partial charge in [-0.3, -0.25) is 0 Å². The lowest BCUT2D eigenvalue weighted by Crippen LogP contribution is -2.17. The Labute approximate surface area is 160 Å². The highest BCUT2D eigenvalue weighted by Crippen LogP contribution is 2.38. The number of anilines is 1. The molecule has 1 atom stereocenters. The summed E-state index contributed by atoms with van der Waals surface area (Å²) in [5.41, 5.74) is 8.22. The number of aromatic nitrogens is 2. The first-order chi connectivity index (χ1) is 13.4. The van der Waals surface area contributed by atoms with Crippen LogP contribution in [0.1, 0.15) is 29.0 Å². The van der Waals surface area contributed by atoms with Crippen LogP contribution in [0, 0.1) is 17.5 Å². The van der Waals surface area contributed by atoms with Crippen LogP contribution in [0.2, 0.25) is 0 Å². The summed E-state index contributed by atoms with van der Waals surface area (Å²) in [6.07, 6.45) is 0.604. The van der Waals surface area contributed by atoms with Crippen molar-refractivity contribution in [3.05, 3.63) is 76.6 Å². The number of fused-ring (bicyclic) bond motifs is 1. The van der Waals surface area contributed by atoms with Crippen LogP contribution in [0.4, 0.5) is 19.0 Å². The molecule has 1 aliphatic heterocycles. The van der Waals surface area contributed by atoms with E-state index in [1.54, 1.807) is 18.2 Å². The third-order valence-electron chi connectivity index (χ3n) is 5.14. The fraction of sp³-hybridized carbons (Fsp3) is 0.238. The average molecular weight is 384 g/mol. The smallest absolute Gasteiger partial charge is 0.146 e. The van der Waals surface area contributed by atoms with E-state index in [9.17, 15) is 13.2 Å². The number of hydrogen-bond acceptors (Lipinski definition) is 4. The van der Waals surface area contributed by atoms with Crippen LogP contribution in [0.3, 0.4) is 0 Å². The lowest BCUT2D eigenvalue weighted by atomic mass is 9.85. The van der Waals surface area contributed by atoms with Gasteiger partial charge in [0.1, 0.15) is 23.3 Å². The molecule has 0 saturated carbocycles. The Balaban J connectivity index is 1.85. The first kappa shape index (κ1) is 18.4. The molecular formula is C21H19F3N4. The highest BCUT2D eigenvalue weighted by atomic mass is 19.1. The Hall–Kier alpha value is -2.93. The zero-order chi connectivity index (χ0) is 19.8. The number of hydrogen-bond donors (Lipinski definition) is 1. The van der Waals surface area contributed by atoms with Gasteiger partial charge in [-0.2, -0.15) is 0 Å². The number of benzene rings is 2. The lowest BCUT2D eigenvalue weighted by molar-refractivity contribution is 0.327. The summed E-state index contributed by atoms with van der Waals surface area (Å²) in [7, 11) is 1.96. The zero-order valence-corrected chi connectivity index (χ0v) is 15.3. The van der Waals surface area contributed by atoms with E-state index in [2.05, 4.69) is 15.1 Å². The largest absolute Gasteiger partial charge is 0.382 e. The molecule has 4 nitrogen and oxygen atoms in total. The molecule has 0 saturated heterocycles. The highest BCUT2D eigenvalue weighted by Gasteiger charge is 2.27. The van der Waals surface area contributed by atoms with Crippen molar-refractivity contribution in [1.29, 1.82) is 0 Å². The van der Waals surface area contributed by atoms with Gasteiger partial charge >= 0.3 is 0 Å². The summed E-state index contributed by atoms with van der Waals surface area (Å²) < 4.78 is 42.8. The van der Waals surface area contributed by atoms with Gasteiger partial charge < -0.3 is 10.6 Å². The van der Waals surface area contributed by atoms with Crippen LogP contribution in [0.25, 0.3) is 11.3 Å². The van der Waals surface area contributed by atoms with Crippen molar-refractivity contribution in [3.8, 4) is 11.3 Å². The van der Waals surface area contributed by atoms with E-state index in [1.165, 1.54) is 18.2 Å². The number of halogens is 3. The maximum Gasteiger partial charge on any atom is 0.146 e. The summed E-state index contributed by atoms with van der Waals surface area (Å²) in [6, 6.07) is 9.92. The van der Waals surface area contributed by atoms with Crippen molar-refractivity contribution in [2.75, 3.05) is 19.3 Å². The summed E-state index contributed by atoms with van der Waals surface area (Å²) in [5.74, 6) is -1.81. The number of nitrogens with zero attached hydrogens (tertiary/aromatic N) is 3. The molecule has 4 rings (SSSR count). The van der Waals surface area contributed by atoms with Gasteiger partial charge in [-0.1, -0.05) is 6.07 Å².